The number of hydrogen-bond acceptors (Lipinski definition) is 2. The predicted molar refractivity (Wildman–Crippen MR) is 97.9 cm³/mol. The highest BCUT2D eigenvalue weighted by atomic mass is 16.7. The van der Waals surface area contributed by atoms with Crippen molar-refractivity contribution < 1.29 is 9.47 Å². The van der Waals surface area contributed by atoms with Gasteiger partial charge in [0.15, 0.2) is 5.79 Å². The van der Waals surface area contributed by atoms with Crippen LogP contribution in [0.2, 0.25) is 0 Å². The summed E-state index contributed by atoms with van der Waals surface area (Å²) in [5.41, 5.74) is 5.43. The Bertz CT molecular complexity index is 624. The lowest BCUT2D eigenvalue weighted by atomic mass is 9.97. The van der Waals surface area contributed by atoms with Gasteiger partial charge >= 0.3 is 0 Å². The van der Waals surface area contributed by atoms with E-state index in [4.69, 9.17) is 9.47 Å². The minimum Gasteiger partial charge on any atom is -0.346 e. The van der Waals surface area contributed by atoms with Gasteiger partial charge in [0, 0.05) is 19.6 Å². The molecular formula is C22H26O2. The van der Waals surface area contributed by atoms with Gasteiger partial charge in [0.25, 0.3) is 0 Å². The summed E-state index contributed by atoms with van der Waals surface area (Å²) in [6, 6.07) is 21.3. The molecule has 2 nitrogen and oxygen atoms in total. The molecule has 0 amide bonds. The zero-order valence-corrected chi connectivity index (χ0v) is 14.6. The second-order valence-electron chi connectivity index (χ2n) is 6.20. The molecule has 0 heterocycles. The number of hydrogen-bond donors (Lipinski definition) is 0. The molecule has 0 N–H and O–H groups in total. The van der Waals surface area contributed by atoms with Crippen LogP contribution in [0.5, 0.6) is 0 Å². The number of rotatable bonds is 8. The molecule has 0 spiro atoms. The Hall–Kier alpha value is -1.90. The highest BCUT2D eigenvalue weighted by Crippen LogP contribution is 2.50. The first-order valence-electron chi connectivity index (χ1n) is 8.84. The van der Waals surface area contributed by atoms with Gasteiger partial charge in [-0.2, -0.15) is 0 Å². The molecule has 126 valence electrons. The maximum absolute atomic E-state index is 5.97. The Morgan fingerprint density at radius 1 is 0.792 bits per heavy atom. The molecular weight excluding hydrogens is 296 g/mol. The summed E-state index contributed by atoms with van der Waals surface area (Å²) < 4.78 is 11.9. The van der Waals surface area contributed by atoms with Gasteiger partial charge in [0.2, 0.25) is 0 Å². The molecule has 1 aliphatic rings. The standard InChI is InChI=1S/C22H26O2/c1-3-23-22(24-4-2)17-21(22)20(15-18-11-7-5-8-12-18)16-19-13-9-6-10-14-19/h5-14H,3-4,15-17H2,1-2H3. The van der Waals surface area contributed by atoms with Crippen molar-refractivity contribution in [3.8, 4) is 0 Å². The third-order valence-corrected chi connectivity index (χ3v) is 4.45. The van der Waals surface area contributed by atoms with E-state index in [9.17, 15) is 0 Å². The number of benzene rings is 2. The van der Waals surface area contributed by atoms with Crippen molar-refractivity contribution in [1.29, 1.82) is 0 Å². The van der Waals surface area contributed by atoms with Gasteiger partial charge in [0.05, 0.1) is 0 Å². The molecule has 0 radical (unpaired) electrons. The zero-order valence-electron chi connectivity index (χ0n) is 14.6. The van der Waals surface area contributed by atoms with E-state index >= 15 is 0 Å². The summed E-state index contributed by atoms with van der Waals surface area (Å²) in [5.74, 6) is -0.470. The summed E-state index contributed by atoms with van der Waals surface area (Å²) in [7, 11) is 0. The monoisotopic (exact) mass is 322 g/mol. The lowest BCUT2D eigenvalue weighted by molar-refractivity contribution is -0.150. The van der Waals surface area contributed by atoms with E-state index in [-0.39, 0.29) is 0 Å². The van der Waals surface area contributed by atoms with E-state index in [2.05, 4.69) is 60.7 Å². The topological polar surface area (TPSA) is 18.5 Å². The molecule has 0 saturated heterocycles. The summed E-state index contributed by atoms with van der Waals surface area (Å²) in [6.07, 6.45) is 2.80. The molecule has 0 atom stereocenters. The highest BCUT2D eigenvalue weighted by Gasteiger charge is 2.53. The van der Waals surface area contributed by atoms with Crippen LogP contribution in [0.4, 0.5) is 0 Å². The van der Waals surface area contributed by atoms with Crippen LogP contribution < -0.4 is 0 Å². The minimum atomic E-state index is -0.470. The quantitative estimate of drug-likeness (QED) is 0.506. The third-order valence-electron chi connectivity index (χ3n) is 4.45. The normalized spacial score (nSPS) is 15.3. The molecule has 0 aliphatic heterocycles. The van der Waals surface area contributed by atoms with Crippen molar-refractivity contribution in [2.24, 2.45) is 0 Å². The zero-order chi connectivity index (χ0) is 16.8. The van der Waals surface area contributed by atoms with Gasteiger partial charge in [0.1, 0.15) is 0 Å². The van der Waals surface area contributed by atoms with Crippen LogP contribution in [-0.2, 0) is 22.3 Å². The summed E-state index contributed by atoms with van der Waals surface area (Å²) in [4.78, 5) is 0. The molecule has 2 aromatic rings. The van der Waals surface area contributed by atoms with Gasteiger partial charge in [-0.05, 0) is 43.4 Å². The van der Waals surface area contributed by atoms with Crippen LogP contribution in [0.3, 0.4) is 0 Å². The summed E-state index contributed by atoms with van der Waals surface area (Å²) in [5, 5.41) is 0. The first-order chi connectivity index (χ1) is 11.8. The third kappa shape index (κ3) is 3.95. The van der Waals surface area contributed by atoms with Crippen LogP contribution >= 0.6 is 0 Å². The van der Waals surface area contributed by atoms with Crippen LogP contribution in [-0.4, -0.2) is 19.0 Å². The Labute approximate surface area is 145 Å². The van der Waals surface area contributed by atoms with Crippen molar-refractivity contribution in [3.63, 3.8) is 0 Å². The molecule has 2 aromatic carbocycles. The molecule has 1 saturated carbocycles. The second-order valence-corrected chi connectivity index (χ2v) is 6.20. The fourth-order valence-electron chi connectivity index (χ4n) is 3.33. The molecule has 0 unspecified atom stereocenters. The molecule has 3 rings (SSSR count). The smallest absolute Gasteiger partial charge is 0.195 e. The minimum absolute atomic E-state index is 0.470. The first kappa shape index (κ1) is 16.9. The highest BCUT2D eigenvalue weighted by molar-refractivity contribution is 5.42. The van der Waals surface area contributed by atoms with E-state index in [0.29, 0.717) is 13.2 Å². The Balaban J connectivity index is 1.89. The number of ether oxygens (including phenoxy) is 2. The van der Waals surface area contributed by atoms with Crippen molar-refractivity contribution in [3.05, 3.63) is 82.9 Å². The number of allylic oxidation sites excluding steroid dienone is 1. The Morgan fingerprint density at radius 3 is 1.67 bits per heavy atom. The molecule has 0 aromatic heterocycles. The maximum atomic E-state index is 5.97. The van der Waals surface area contributed by atoms with Crippen LogP contribution in [0.25, 0.3) is 0 Å². The van der Waals surface area contributed by atoms with Gasteiger partial charge < -0.3 is 9.47 Å². The summed E-state index contributed by atoms with van der Waals surface area (Å²) >= 11 is 0. The van der Waals surface area contributed by atoms with Crippen molar-refractivity contribution in [2.45, 2.75) is 38.9 Å². The van der Waals surface area contributed by atoms with Gasteiger partial charge in [-0.3, -0.25) is 0 Å². The van der Waals surface area contributed by atoms with Crippen LogP contribution in [0.15, 0.2) is 71.8 Å². The average Bonchev–Trinajstić information content (AvgIpc) is 3.30. The van der Waals surface area contributed by atoms with Crippen LogP contribution in [0, 0.1) is 0 Å². The lowest BCUT2D eigenvalue weighted by Crippen LogP contribution is -2.20. The van der Waals surface area contributed by atoms with Crippen LogP contribution in [0.1, 0.15) is 31.4 Å². The van der Waals surface area contributed by atoms with Gasteiger partial charge in [-0.1, -0.05) is 66.2 Å². The van der Waals surface area contributed by atoms with Gasteiger partial charge in [-0.15, -0.1) is 0 Å². The SMILES string of the molecule is CCOC1(OCC)CC1=C(Cc1ccccc1)Cc1ccccc1. The van der Waals surface area contributed by atoms with E-state index in [1.54, 1.807) is 0 Å². The molecule has 24 heavy (non-hydrogen) atoms. The molecule has 0 bridgehead atoms. The lowest BCUT2D eigenvalue weighted by Gasteiger charge is -2.17. The van der Waals surface area contributed by atoms with Gasteiger partial charge in [-0.25, -0.2) is 0 Å². The van der Waals surface area contributed by atoms with E-state index < -0.39 is 5.79 Å². The first-order valence-corrected chi connectivity index (χ1v) is 8.84. The average molecular weight is 322 g/mol. The van der Waals surface area contributed by atoms with Crippen molar-refractivity contribution in [1.82, 2.24) is 0 Å². The van der Waals surface area contributed by atoms with E-state index in [1.165, 1.54) is 22.3 Å². The second kappa shape index (κ2) is 7.78. The molecule has 2 heteroatoms. The van der Waals surface area contributed by atoms with E-state index in [0.717, 1.165) is 19.3 Å². The predicted octanol–water partition coefficient (Wildman–Crippen LogP) is 4.94. The van der Waals surface area contributed by atoms with Crippen molar-refractivity contribution >= 4 is 0 Å². The molecule has 1 aliphatic carbocycles. The summed E-state index contributed by atoms with van der Waals surface area (Å²) in [6.45, 7) is 5.41. The Kier molecular flexibility index (Phi) is 5.49. The fraction of sp³-hybridized carbons (Fsp3) is 0.364. The van der Waals surface area contributed by atoms with Crippen molar-refractivity contribution in [2.75, 3.05) is 13.2 Å². The fourth-order valence-corrected chi connectivity index (χ4v) is 3.33. The largest absolute Gasteiger partial charge is 0.346 e. The van der Waals surface area contributed by atoms with E-state index in [1.807, 2.05) is 13.8 Å². The Morgan fingerprint density at radius 2 is 1.25 bits per heavy atom. The molecule has 1 fully saturated rings. The maximum Gasteiger partial charge on any atom is 0.195 e.